The van der Waals surface area contributed by atoms with Crippen molar-refractivity contribution in [2.75, 3.05) is 5.73 Å². The molecule has 0 spiro atoms. The maximum absolute atomic E-state index is 12.4. The molecule has 0 fully saturated rings. The Kier molecular flexibility index (Phi) is 2.55. The molecule has 0 saturated carbocycles. The lowest BCUT2D eigenvalue weighted by atomic mass is 10.2. The Balaban J connectivity index is 2.53. The van der Waals surface area contributed by atoms with Crippen molar-refractivity contribution >= 4 is 17.2 Å². The average molecular weight is 245 g/mol. The van der Waals surface area contributed by atoms with Crippen LogP contribution < -0.4 is 5.73 Å². The third-order valence-electron chi connectivity index (χ3n) is 1.82. The highest BCUT2D eigenvalue weighted by Crippen LogP contribution is 2.29. The van der Waals surface area contributed by atoms with Gasteiger partial charge in [0.2, 0.25) is 5.82 Å². The fourth-order valence-corrected chi connectivity index (χ4v) is 1.80. The molecule has 2 N–H and O–H groups in total. The van der Waals surface area contributed by atoms with Gasteiger partial charge in [-0.25, -0.2) is 9.97 Å². The lowest BCUT2D eigenvalue weighted by Gasteiger charge is -2.07. The molecule has 0 amide bonds. The fourth-order valence-electron chi connectivity index (χ4n) is 1.15. The van der Waals surface area contributed by atoms with E-state index in [0.717, 1.165) is 0 Å². The predicted molar refractivity (Wildman–Crippen MR) is 54.8 cm³/mol. The molecule has 0 aromatic carbocycles. The second-order valence-electron chi connectivity index (χ2n) is 3.01. The third-order valence-corrected chi connectivity index (χ3v) is 2.50. The largest absolute Gasteiger partial charge is 0.451 e. The van der Waals surface area contributed by atoms with E-state index in [1.54, 1.807) is 16.8 Å². The number of thiophene rings is 1. The van der Waals surface area contributed by atoms with Crippen molar-refractivity contribution in [3.63, 3.8) is 0 Å². The van der Waals surface area contributed by atoms with Gasteiger partial charge >= 0.3 is 6.18 Å². The molecule has 0 aliphatic heterocycles. The molecular formula is C9H6F3N3S. The van der Waals surface area contributed by atoms with Gasteiger partial charge in [0.15, 0.2) is 0 Å². The number of nitrogens with two attached hydrogens (primary N) is 1. The summed E-state index contributed by atoms with van der Waals surface area (Å²) in [5.74, 6) is -1.41. The van der Waals surface area contributed by atoms with E-state index >= 15 is 0 Å². The highest BCUT2D eigenvalue weighted by molar-refractivity contribution is 7.08. The van der Waals surface area contributed by atoms with Crippen LogP contribution in [0.2, 0.25) is 0 Å². The number of alkyl halides is 3. The summed E-state index contributed by atoms with van der Waals surface area (Å²) in [4.78, 5) is 6.60. The van der Waals surface area contributed by atoms with Crippen LogP contribution in [0.25, 0.3) is 11.3 Å². The van der Waals surface area contributed by atoms with E-state index in [1.807, 2.05) is 0 Å². The Morgan fingerprint density at radius 3 is 2.56 bits per heavy atom. The van der Waals surface area contributed by atoms with Crippen molar-refractivity contribution in [3.8, 4) is 11.3 Å². The summed E-state index contributed by atoms with van der Waals surface area (Å²) in [6.07, 6.45) is -4.58. The summed E-state index contributed by atoms with van der Waals surface area (Å²) >= 11 is 1.37. The van der Waals surface area contributed by atoms with Crippen molar-refractivity contribution in [3.05, 3.63) is 28.7 Å². The molecule has 0 unspecified atom stereocenters. The number of halogens is 3. The quantitative estimate of drug-likeness (QED) is 0.840. The molecule has 0 radical (unpaired) electrons. The van der Waals surface area contributed by atoms with Gasteiger partial charge in [-0.2, -0.15) is 24.5 Å². The molecule has 2 rings (SSSR count). The van der Waals surface area contributed by atoms with Gasteiger partial charge in [-0.15, -0.1) is 0 Å². The first-order chi connectivity index (χ1) is 7.47. The zero-order valence-electron chi connectivity index (χ0n) is 7.82. The molecule has 84 valence electrons. The monoisotopic (exact) mass is 245 g/mol. The summed E-state index contributed by atoms with van der Waals surface area (Å²) in [5, 5.41) is 3.45. The zero-order chi connectivity index (χ0) is 11.8. The van der Waals surface area contributed by atoms with E-state index in [2.05, 4.69) is 9.97 Å². The summed E-state index contributed by atoms with van der Waals surface area (Å²) in [6.45, 7) is 0. The van der Waals surface area contributed by atoms with E-state index in [-0.39, 0.29) is 11.5 Å². The minimum absolute atomic E-state index is 0.182. The Hall–Kier alpha value is -1.63. The lowest BCUT2D eigenvalue weighted by molar-refractivity contribution is -0.144. The molecule has 0 atom stereocenters. The van der Waals surface area contributed by atoms with Crippen molar-refractivity contribution in [2.24, 2.45) is 0 Å². The second-order valence-corrected chi connectivity index (χ2v) is 3.79. The molecule has 0 bridgehead atoms. The van der Waals surface area contributed by atoms with Crippen molar-refractivity contribution in [1.82, 2.24) is 9.97 Å². The molecule has 2 aromatic heterocycles. The minimum Gasteiger partial charge on any atom is -0.384 e. The number of hydrogen-bond acceptors (Lipinski definition) is 4. The number of nitrogens with zero attached hydrogens (tertiary/aromatic N) is 2. The first-order valence-electron chi connectivity index (χ1n) is 4.21. The van der Waals surface area contributed by atoms with E-state index < -0.39 is 12.0 Å². The number of aromatic nitrogens is 2. The Bertz CT molecular complexity index is 493. The van der Waals surface area contributed by atoms with Crippen LogP contribution in [-0.2, 0) is 6.18 Å². The number of nitrogen functional groups attached to an aromatic ring is 1. The van der Waals surface area contributed by atoms with Gasteiger partial charge in [0.25, 0.3) is 0 Å². The molecule has 7 heteroatoms. The van der Waals surface area contributed by atoms with Crippen LogP contribution in [0.15, 0.2) is 22.9 Å². The number of anilines is 1. The van der Waals surface area contributed by atoms with Gasteiger partial charge in [-0.3, -0.25) is 0 Å². The van der Waals surface area contributed by atoms with Gasteiger partial charge < -0.3 is 5.73 Å². The Morgan fingerprint density at radius 2 is 2.00 bits per heavy atom. The normalized spacial score (nSPS) is 11.7. The Labute approximate surface area is 92.8 Å². The van der Waals surface area contributed by atoms with Gasteiger partial charge in [0.05, 0.1) is 5.69 Å². The molecule has 3 nitrogen and oxygen atoms in total. The van der Waals surface area contributed by atoms with Crippen LogP contribution in [-0.4, -0.2) is 9.97 Å². The molecule has 0 aliphatic rings. The molecular weight excluding hydrogens is 239 g/mol. The number of rotatable bonds is 1. The average Bonchev–Trinajstić information content (AvgIpc) is 2.68. The summed E-state index contributed by atoms with van der Waals surface area (Å²) < 4.78 is 37.2. The van der Waals surface area contributed by atoms with Gasteiger partial charge in [-0.05, 0) is 11.4 Å². The van der Waals surface area contributed by atoms with Crippen LogP contribution in [0.3, 0.4) is 0 Å². The summed E-state index contributed by atoms with van der Waals surface area (Å²) in [5.41, 5.74) is 6.10. The van der Waals surface area contributed by atoms with Gasteiger partial charge in [0.1, 0.15) is 5.82 Å². The maximum atomic E-state index is 12.4. The standard InChI is InChI=1S/C9H6F3N3S/c10-9(11,12)8-14-6(3-7(13)15-8)5-1-2-16-4-5/h1-4H,(H2,13,14,15). The van der Waals surface area contributed by atoms with Crippen LogP contribution in [0.5, 0.6) is 0 Å². The zero-order valence-corrected chi connectivity index (χ0v) is 8.64. The van der Waals surface area contributed by atoms with Crippen LogP contribution in [0, 0.1) is 0 Å². The van der Waals surface area contributed by atoms with Crippen LogP contribution in [0.4, 0.5) is 19.0 Å². The first-order valence-corrected chi connectivity index (χ1v) is 5.15. The summed E-state index contributed by atoms with van der Waals surface area (Å²) in [6, 6.07) is 2.99. The number of hydrogen-bond donors (Lipinski definition) is 1. The van der Waals surface area contributed by atoms with Crippen molar-refractivity contribution in [2.45, 2.75) is 6.18 Å². The smallest absolute Gasteiger partial charge is 0.384 e. The molecule has 0 saturated heterocycles. The van der Waals surface area contributed by atoms with E-state index in [4.69, 9.17) is 5.73 Å². The highest BCUT2D eigenvalue weighted by atomic mass is 32.1. The van der Waals surface area contributed by atoms with Crippen molar-refractivity contribution < 1.29 is 13.2 Å². The SMILES string of the molecule is Nc1cc(-c2ccsc2)nc(C(F)(F)F)n1. The fraction of sp³-hybridized carbons (Fsp3) is 0.111. The second kappa shape index (κ2) is 3.75. The predicted octanol–water partition coefficient (Wildman–Crippen LogP) is 2.81. The van der Waals surface area contributed by atoms with Gasteiger partial charge in [-0.1, -0.05) is 0 Å². The third kappa shape index (κ3) is 2.13. The van der Waals surface area contributed by atoms with Gasteiger partial charge in [0, 0.05) is 17.0 Å². The van der Waals surface area contributed by atoms with E-state index in [9.17, 15) is 13.2 Å². The first kappa shape index (κ1) is 10.9. The minimum atomic E-state index is -4.58. The maximum Gasteiger partial charge on any atom is 0.451 e. The Morgan fingerprint density at radius 1 is 1.25 bits per heavy atom. The van der Waals surface area contributed by atoms with Crippen molar-refractivity contribution in [1.29, 1.82) is 0 Å². The molecule has 0 aliphatic carbocycles. The van der Waals surface area contributed by atoms with Crippen LogP contribution in [0.1, 0.15) is 5.82 Å². The van der Waals surface area contributed by atoms with E-state index in [0.29, 0.717) is 5.56 Å². The summed E-state index contributed by atoms with van der Waals surface area (Å²) in [7, 11) is 0. The highest BCUT2D eigenvalue weighted by Gasteiger charge is 2.35. The molecule has 2 heterocycles. The van der Waals surface area contributed by atoms with Crippen LogP contribution >= 0.6 is 11.3 Å². The van der Waals surface area contributed by atoms with E-state index in [1.165, 1.54) is 17.4 Å². The lowest BCUT2D eigenvalue weighted by Crippen LogP contribution is -2.12. The topological polar surface area (TPSA) is 51.8 Å². The molecule has 2 aromatic rings. The molecule has 16 heavy (non-hydrogen) atoms.